The van der Waals surface area contributed by atoms with E-state index in [1.54, 1.807) is 0 Å². The third-order valence-electron chi connectivity index (χ3n) is 3.31. The number of nitrogens with zero attached hydrogens (tertiary/aromatic N) is 2. The monoisotopic (exact) mass is 405 g/mol. The molecule has 1 aliphatic rings. The third kappa shape index (κ3) is 3.92. The smallest absolute Gasteiger partial charge is 0.292 e. The number of azo groups is 1. The second kappa shape index (κ2) is 8.19. The lowest BCUT2D eigenvalue weighted by atomic mass is 9.90. The van der Waals surface area contributed by atoms with Gasteiger partial charge < -0.3 is 5.73 Å². The van der Waals surface area contributed by atoms with Gasteiger partial charge in [-0.25, -0.2) is 10.3 Å². The van der Waals surface area contributed by atoms with Gasteiger partial charge in [-0.15, -0.1) is 4.33 Å². The molecule has 0 saturated carbocycles. The number of rotatable bonds is 7. The molecule has 6 N–H and O–H groups in total. The highest BCUT2D eigenvalue weighted by Gasteiger charge is 2.37. The summed E-state index contributed by atoms with van der Waals surface area (Å²) in [7, 11) is -2.09. The highest BCUT2D eigenvalue weighted by molar-refractivity contribution is 7.94. The third-order valence-corrected chi connectivity index (χ3v) is 4.87. The Labute approximate surface area is 152 Å². The first-order valence-electron chi connectivity index (χ1n) is 6.76. The second-order valence-corrected chi connectivity index (χ2v) is 6.94. The number of hydrazine groups is 1. The number of hydrogen-bond donors (Lipinski definition) is 4. The SMILES string of the molecule is CN=Nc1c(SOOOC)cc2c(c1N)C(=O)C(NN)C(S(=O)(=O)O)=C2. The topological polar surface area (TPSA) is 188 Å². The molecule has 26 heavy (non-hydrogen) atoms. The van der Waals surface area contributed by atoms with Crippen molar-refractivity contribution in [3.05, 3.63) is 22.1 Å². The molecule has 2 rings (SSSR count). The predicted octanol–water partition coefficient (Wildman–Crippen LogP) is 0.756. The van der Waals surface area contributed by atoms with E-state index < -0.39 is 26.8 Å². The van der Waals surface area contributed by atoms with Crippen LogP contribution in [0, 0.1) is 0 Å². The van der Waals surface area contributed by atoms with Gasteiger partial charge >= 0.3 is 0 Å². The minimum Gasteiger partial charge on any atom is -0.396 e. The van der Waals surface area contributed by atoms with Crippen LogP contribution in [0.1, 0.15) is 15.9 Å². The number of carbonyl (C=O) groups is 1. The minimum atomic E-state index is -4.70. The standard InChI is InChI=1S/C12H15N5O7S2/c1-15-17-10-6(25-24-23-22-2)3-5-4-7(26(19,20)21)11(16-14)12(18)8(5)9(10)13/h3-4,11,16H,13-14H2,1-2H3,(H,19,20,21). The number of carbonyl (C=O) groups excluding carboxylic acids is 1. The fourth-order valence-electron chi connectivity index (χ4n) is 2.31. The fourth-order valence-corrected chi connectivity index (χ4v) is 3.62. The molecule has 0 radical (unpaired) electrons. The van der Waals surface area contributed by atoms with Gasteiger partial charge in [0.1, 0.15) is 11.7 Å². The van der Waals surface area contributed by atoms with Crippen LogP contribution in [-0.4, -0.2) is 39.0 Å². The van der Waals surface area contributed by atoms with Crippen LogP contribution in [0.25, 0.3) is 6.08 Å². The average molecular weight is 405 g/mol. The maximum Gasteiger partial charge on any atom is 0.292 e. The van der Waals surface area contributed by atoms with Gasteiger partial charge in [-0.1, -0.05) is 5.04 Å². The normalized spacial score (nSPS) is 17.5. The van der Waals surface area contributed by atoms with E-state index in [-0.39, 0.29) is 27.4 Å². The molecule has 0 spiro atoms. The van der Waals surface area contributed by atoms with E-state index in [2.05, 4.69) is 25.6 Å². The number of nitrogens with one attached hydrogen (secondary N) is 1. The molecule has 0 aromatic heterocycles. The molecule has 0 amide bonds. The van der Waals surface area contributed by atoms with Gasteiger partial charge in [0.2, 0.25) is 0 Å². The van der Waals surface area contributed by atoms with Crippen molar-refractivity contribution in [3.63, 3.8) is 0 Å². The van der Waals surface area contributed by atoms with E-state index in [1.807, 2.05) is 0 Å². The predicted molar refractivity (Wildman–Crippen MR) is 91.3 cm³/mol. The van der Waals surface area contributed by atoms with Crippen molar-refractivity contribution in [2.75, 3.05) is 19.9 Å². The largest absolute Gasteiger partial charge is 0.396 e. The minimum absolute atomic E-state index is 0.0280. The number of Topliss-reactive ketones (excluding diaryl/α,β-unsaturated/α-hetero) is 1. The summed E-state index contributed by atoms with van der Waals surface area (Å²) in [5.41, 5.74) is 8.20. The van der Waals surface area contributed by atoms with Crippen molar-refractivity contribution in [2.24, 2.45) is 16.1 Å². The summed E-state index contributed by atoms with van der Waals surface area (Å²) in [4.78, 5) is 16.6. The summed E-state index contributed by atoms with van der Waals surface area (Å²) in [5, 5.41) is 11.8. The Balaban J connectivity index is 2.71. The summed E-state index contributed by atoms with van der Waals surface area (Å²) in [5.74, 6) is 4.51. The van der Waals surface area contributed by atoms with Crippen LogP contribution in [-0.2, 0) is 24.4 Å². The lowest BCUT2D eigenvalue weighted by Gasteiger charge is -2.24. The molecular formula is C12H15N5O7S2. The molecule has 0 bridgehead atoms. The Kier molecular flexibility index (Phi) is 6.43. The molecule has 0 fully saturated rings. The van der Waals surface area contributed by atoms with Gasteiger partial charge in [-0.2, -0.15) is 18.6 Å². The molecular weight excluding hydrogens is 390 g/mol. The van der Waals surface area contributed by atoms with E-state index in [1.165, 1.54) is 20.2 Å². The number of benzene rings is 1. The zero-order valence-electron chi connectivity index (χ0n) is 13.5. The van der Waals surface area contributed by atoms with E-state index in [0.717, 1.165) is 6.08 Å². The second-order valence-electron chi connectivity index (χ2n) is 4.77. The van der Waals surface area contributed by atoms with Crippen LogP contribution >= 0.6 is 12.0 Å². The number of anilines is 1. The van der Waals surface area contributed by atoms with E-state index in [0.29, 0.717) is 12.0 Å². The van der Waals surface area contributed by atoms with Crippen molar-refractivity contribution in [1.29, 1.82) is 0 Å². The number of nitrogens with two attached hydrogens (primary N) is 2. The van der Waals surface area contributed by atoms with Crippen LogP contribution < -0.4 is 17.0 Å². The van der Waals surface area contributed by atoms with Gasteiger partial charge in [0.15, 0.2) is 5.78 Å². The lowest BCUT2D eigenvalue weighted by Crippen LogP contribution is -2.46. The van der Waals surface area contributed by atoms with Crippen LogP contribution in [0.15, 0.2) is 26.1 Å². The Bertz CT molecular complexity index is 884. The first-order chi connectivity index (χ1) is 12.3. The average Bonchev–Trinajstić information content (AvgIpc) is 2.57. The molecule has 0 heterocycles. The van der Waals surface area contributed by atoms with Gasteiger partial charge in [0, 0.05) is 7.05 Å². The van der Waals surface area contributed by atoms with Crippen molar-refractivity contribution in [3.8, 4) is 0 Å². The van der Waals surface area contributed by atoms with Crippen molar-refractivity contribution in [2.45, 2.75) is 10.9 Å². The summed E-state index contributed by atoms with van der Waals surface area (Å²) in [6, 6.07) is -0.132. The molecule has 14 heteroatoms. The summed E-state index contributed by atoms with van der Waals surface area (Å²) in [6.45, 7) is 0. The molecule has 1 aromatic rings. The molecule has 1 unspecified atom stereocenters. The van der Waals surface area contributed by atoms with E-state index in [4.69, 9.17) is 15.9 Å². The Hall–Kier alpha value is -1.91. The Morgan fingerprint density at radius 1 is 1.42 bits per heavy atom. The molecule has 0 saturated heterocycles. The van der Waals surface area contributed by atoms with Gasteiger partial charge in [0.25, 0.3) is 10.1 Å². The molecule has 142 valence electrons. The highest BCUT2D eigenvalue weighted by atomic mass is 32.2. The van der Waals surface area contributed by atoms with Gasteiger partial charge in [-0.3, -0.25) is 15.2 Å². The molecule has 1 atom stereocenters. The molecule has 1 aromatic carbocycles. The number of ketones is 1. The Morgan fingerprint density at radius 2 is 2.12 bits per heavy atom. The lowest BCUT2D eigenvalue weighted by molar-refractivity contribution is -0.447. The maximum atomic E-state index is 12.7. The zero-order chi connectivity index (χ0) is 19.5. The fraction of sp³-hybridized carbons (Fsp3) is 0.250. The van der Waals surface area contributed by atoms with E-state index in [9.17, 15) is 17.8 Å². The number of nitrogen functional groups attached to an aromatic ring is 1. The van der Waals surface area contributed by atoms with E-state index >= 15 is 0 Å². The quantitative estimate of drug-likeness (QED) is 0.0732. The maximum absolute atomic E-state index is 12.7. The number of hydrogen-bond acceptors (Lipinski definition) is 12. The van der Waals surface area contributed by atoms with Crippen LogP contribution in [0.2, 0.25) is 0 Å². The van der Waals surface area contributed by atoms with Crippen molar-refractivity contribution >= 4 is 45.4 Å². The molecule has 0 aliphatic heterocycles. The van der Waals surface area contributed by atoms with Crippen LogP contribution in [0.3, 0.4) is 0 Å². The molecule has 12 nitrogen and oxygen atoms in total. The van der Waals surface area contributed by atoms with Crippen LogP contribution in [0.4, 0.5) is 11.4 Å². The van der Waals surface area contributed by atoms with Crippen molar-refractivity contribution in [1.82, 2.24) is 5.43 Å². The van der Waals surface area contributed by atoms with Gasteiger partial charge in [-0.05, 0) is 17.7 Å². The molecule has 1 aliphatic carbocycles. The number of fused-ring (bicyclic) bond motifs is 1. The summed E-state index contributed by atoms with van der Waals surface area (Å²) >= 11 is 0.641. The first kappa shape index (κ1) is 20.4. The van der Waals surface area contributed by atoms with Crippen LogP contribution in [0.5, 0.6) is 0 Å². The summed E-state index contributed by atoms with van der Waals surface area (Å²) in [6.07, 6.45) is 1.07. The summed E-state index contributed by atoms with van der Waals surface area (Å²) < 4.78 is 37.2. The van der Waals surface area contributed by atoms with Gasteiger partial charge in [0.05, 0.1) is 40.2 Å². The Morgan fingerprint density at radius 3 is 2.65 bits per heavy atom. The van der Waals surface area contributed by atoms with Crippen molar-refractivity contribution < 1.29 is 32.0 Å². The first-order valence-corrected chi connectivity index (χ1v) is 8.94. The highest BCUT2D eigenvalue weighted by Crippen LogP contribution is 2.43. The zero-order valence-corrected chi connectivity index (χ0v) is 15.1.